The first-order valence-electron chi connectivity index (χ1n) is 6.69. The number of fused-ring (bicyclic) bond motifs is 1. The van der Waals surface area contributed by atoms with Gasteiger partial charge in [0.25, 0.3) is 11.6 Å². The van der Waals surface area contributed by atoms with Gasteiger partial charge in [-0.15, -0.1) is 11.8 Å². The summed E-state index contributed by atoms with van der Waals surface area (Å²) in [5.41, 5.74) is -1.39. The summed E-state index contributed by atoms with van der Waals surface area (Å²) >= 11 is 1.42. The molecule has 2 heterocycles. The zero-order valence-corrected chi connectivity index (χ0v) is 13.6. The number of thioether (sulfide) groups is 1. The Kier molecular flexibility index (Phi) is 3.96. The van der Waals surface area contributed by atoms with Crippen molar-refractivity contribution < 1.29 is 23.9 Å². The molecule has 2 aliphatic rings. The molecule has 0 unspecified atom stereocenters. The SMILES string of the molecule is CCC(=O)N[C@@]1(OC)C(=O)N2[C@@H](C(=O)OC)C(C)(C)S[C@@H]21. The van der Waals surface area contributed by atoms with Gasteiger partial charge in [-0.2, -0.15) is 0 Å². The van der Waals surface area contributed by atoms with Gasteiger partial charge in [-0.25, -0.2) is 4.79 Å². The van der Waals surface area contributed by atoms with Crippen molar-refractivity contribution in [2.45, 2.75) is 49.1 Å². The molecular formula is C13H20N2O5S. The molecule has 0 saturated carbocycles. The molecule has 2 amide bonds. The Labute approximate surface area is 127 Å². The van der Waals surface area contributed by atoms with Crippen LogP contribution in [0.5, 0.6) is 0 Å². The fourth-order valence-corrected chi connectivity index (χ4v) is 4.44. The second-order valence-corrected chi connectivity index (χ2v) is 7.29. The van der Waals surface area contributed by atoms with E-state index in [1.807, 2.05) is 13.8 Å². The Morgan fingerprint density at radius 2 is 2.00 bits per heavy atom. The largest absolute Gasteiger partial charge is 0.467 e. The van der Waals surface area contributed by atoms with Gasteiger partial charge in [0.05, 0.1) is 7.11 Å². The maximum atomic E-state index is 12.5. The van der Waals surface area contributed by atoms with Gasteiger partial charge in [0, 0.05) is 18.3 Å². The molecule has 7 nitrogen and oxygen atoms in total. The van der Waals surface area contributed by atoms with Gasteiger partial charge < -0.3 is 19.7 Å². The summed E-state index contributed by atoms with van der Waals surface area (Å²) in [6.45, 7) is 5.43. The predicted molar refractivity (Wildman–Crippen MR) is 76.3 cm³/mol. The standard InChI is InChI=1S/C13H20N2O5S/c1-6-7(16)14-13(20-5)10(18)15-8(9(17)19-4)12(2,3)21-11(13)15/h8,11H,6H2,1-5H3,(H,14,16)/t8-,11+,13+/m0/s1. The molecular weight excluding hydrogens is 296 g/mol. The highest BCUT2D eigenvalue weighted by Crippen LogP contribution is 2.55. The maximum absolute atomic E-state index is 12.5. The van der Waals surface area contributed by atoms with Gasteiger partial charge in [-0.3, -0.25) is 9.59 Å². The molecule has 1 N–H and O–H groups in total. The second-order valence-electron chi connectivity index (χ2n) is 5.55. The average molecular weight is 316 g/mol. The van der Waals surface area contributed by atoms with E-state index in [2.05, 4.69) is 5.32 Å². The number of rotatable bonds is 4. The highest BCUT2D eigenvalue weighted by Gasteiger charge is 2.73. The third-order valence-corrected chi connectivity index (χ3v) is 5.51. The third-order valence-electron chi connectivity index (χ3n) is 3.90. The minimum absolute atomic E-state index is 0.250. The Morgan fingerprint density at radius 1 is 1.38 bits per heavy atom. The van der Waals surface area contributed by atoms with Crippen molar-refractivity contribution in [1.82, 2.24) is 10.2 Å². The normalized spacial score (nSPS) is 33.2. The van der Waals surface area contributed by atoms with Crippen LogP contribution < -0.4 is 5.32 Å². The lowest BCUT2D eigenvalue weighted by Gasteiger charge is -2.51. The number of ether oxygens (including phenoxy) is 2. The monoisotopic (exact) mass is 316 g/mol. The van der Waals surface area contributed by atoms with Crippen molar-refractivity contribution in [3.8, 4) is 0 Å². The van der Waals surface area contributed by atoms with Crippen molar-refractivity contribution in [2.75, 3.05) is 14.2 Å². The minimum atomic E-state index is -1.39. The molecule has 0 aromatic heterocycles. The number of nitrogens with one attached hydrogen (secondary N) is 1. The van der Waals surface area contributed by atoms with Crippen LogP contribution in [0, 0.1) is 0 Å². The predicted octanol–water partition coefficient (Wildman–Crippen LogP) is 0.0906. The van der Waals surface area contributed by atoms with Crippen LogP contribution in [0.1, 0.15) is 27.2 Å². The second kappa shape index (κ2) is 5.17. The smallest absolute Gasteiger partial charge is 0.330 e. The Balaban J connectivity index is 2.33. The summed E-state index contributed by atoms with van der Waals surface area (Å²) in [6.07, 6.45) is 0.250. The van der Waals surface area contributed by atoms with Crippen LogP contribution in [0.15, 0.2) is 0 Å². The van der Waals surface area contributed by atoms with Crippen LogP contribution in [-0.4, -0.2) is 58.8 Å². The lowest BCUT2D eigenvalue weighted by atomic mass is 9.93. The van der Waals surface area contributed by atoms with E-state index in [1.165, 1.54) is 30.9 Å². The first kappa shape index (κ1) is 16.1. The molecule has 0 aliphatic carbocycles. The lowest BCUT2D eigenvalue weighted by molar-refractivity contribution is -0.201. The Bertz CT molecular complexity index is 495. The van der Waals surface area contributed by atoms with E-state index in [-0.39, 0.29) is 12.3 Å². The first-order valence-corrected chi connectivity index (χ1v) is 7.57. The summed E-state index contributed by atoms with van der Waals surface area (Å²) in [5, 5.41) is 2.20. The maximum Gasteiger partial charge on any atom is 0.330 e. The number of esters is 1. The van der Waals surface area contributed by atoms with Gasteiger partial charge in [-0.1, -0.05) is 6.92 Å². The van der Waals surface area contributed by atoms with E-state index in [4.69, 9.17) is 9.47 Å². The van der Waals surface area contributed by atoms with Crippen LogP contribution in [0.2, 0.25) is 0 Å². The van der Waals surface area contributed by atoms with Gasteiger partial charge in [0.1, 0.15) is 11.4 Å². The average Bonchev–Trinajstić information content (AvgIpc) is 2.72. The topological polar surface area (TPSA) is 84.9 Å². The quantitative estimate of drug-likeness (QED) is 0.449. The Hall–Kier alpha value is -1.28. The number of carbonyl (C=O) groups is 3. The van der Waals surface area contributed by atoms with Gasteiger partial charge in [0.2, 0.25) is 5.91 Å². The number of hydrogen-bond donors (Lipinski definition) is 1. The van der Waals surface area contributed by atoms with Crippen molar-refractivity contribution >= 4 is 29.5 Å². The zero-order valence-electron chi connectivity index (χ0n) is 12.8. The number of nitrogens with zero attached hydrogens (tertiary/aromatic N) is 1. The van der Waals surface area contributed by atoms with E-state index in [9.17, 15) is 14.4 Å². The summed E-state index contributed by atoms with van der Waals surface area (Å²) < 4.78 is 9.61. The fraction of sp³-hybridized carbons (Fsp3) is 0.769. The van der Waals surface area contributed by atoms with Crippen LogP contribution >= 0.6 is 11.8 Å². The molecule has 0 aromatic rings. The van der Waals surface area contributed by atoms with Crippen molar-refractivity contribution in [3.05, 3.63) is 0 Å². The van der Waals surface area contributed by atoms with Crippen LogP contribution in [0.25, 0.3) is 0 Å². The molecule has 0 bridgehead atoms. The summed E-state index contributed by atoms with van der Waals surface area (Å²) in [7, 11) is 2.67. The van der Waals surface area contributed by atoms with E-state index < -0.39 is 33.8 Å². The summed E-state index contributed by atoms with van der Waals surface area (Å²) in [5.74, 6) is -1.15. The molecule has 3 atom stereocenters. The van der Waals surface area contributed by atoms with E-state index in [0.29, 0.717) is 0 Å². The van der Waals surface area contributed by atoms with E-state index in [1.54, 1.807) is 6.92 Å². The zero-order chi connectivity index (χ0) is 16.0. The third kappa shape index (κ3) is 2.12. The first-order chi connectivity index (χ1) is 9.75. The molecule has 2 aliphatic heterocycles. The molecule has 8 heteroatoms. The number of hydrogen-bond acceptors (Lipinski definition) is 6. The number of amides is 2. The van der Waals surface area contributed by atoms with Gasteiger partial charge >= 0.3 is 5.97 Å². The van der Waals surface area contributed by atoms with E-state index in [0.717, 1.165) is 0 Å². The van der Waals surface area contributed by atoms with Gasteiger partial charge in [-0.05, 0) is 13.8 Å². The lowest BCUT2D eigenvalue weighted by Crippen LogP contribution is -2.80. The minimum Gasteiger partial charge on any atom is -0.467 e. The number of carbonyl (C=O) groups excluding carboxylic acids is 3. The molecule has 2 fully saturated rings. The van der Waals surface area contributed by atoms with Crippen molar-refractivity contribution in [1.29, 1.82) is 0 Å². The highest BCUT2D eigenvalue weighted by atomic mass is 32.2. The molecule has 0 spiro atoms. The molecule has 118 valence electrons. The number of methoxy groups -OCH3 is 2. The number of β-lactam (4-membered cyclic amide) rings is 1. The molecule has 21 heavy (non-hydrogen) atoms. The van der Waals surface area contributed by atoms with Crippen molar-refractivity contribution in [3.63, 3.8) is 0 Å². The van der Waals surface area contributed by atoms with Crippen LogP contribution in [0.3, 0.4) is 0 Å². The Morgan fingerprint density at radius 3 is 2.48 bits per heavy atom. The molecule has 2 saturated heterocycles. The van der Waals surface area contributed by atoms with Crippen LogP contribution in [0.4, 0.5) is 0 Å². The molecule has 2 rings (SSSR count). The molecule has 0 aromatic carbocycles. The van der Waals surface area contributed by atoms with Gasteiger partial charge in [0.15, 0.2) is 0 Å². The summed E-state index contributed by atoms with van der Waals surface area (Å²) in [6, 6.07) is -0.688. The van der Waals surface area contributed by atoms with E-state index >= 15 is 0 Å². The van der Waals surface area contributed by atoms with Crippen molar-refractivity contribution in [2.24, 2.45) is 0 Å². The van der Waals surface area contributed by atoms with Crippen LogP contribution in [-0.2, 0) is 23.9 Å². The fourth-order valence-electron chi connectivity index (χ4n) is 2.77. The summed E-state index contributed by atoms with van der Waals surface area (Å²) in [4.78, 5) is 37.6. The highest BCUT2D eigenvalue weighted by molar-refractivity contribution is 8.01. The molecule has 0 radical (unpaired) electrons.